The zero-order chi connectivity index (χ0) is 16.6. The van der Waals surface area contributed by atoms with Crippen molar-refractivity contribution in [1.29, 1.82) is 0 Å². The van der Waals surface area contributed by atoms with Crippen LogP contribution in [-0.2, 0) is 16.1 Å². The summed E-state index contributed by atoms with van der Waals surface area (Å²) in [5.41, 5.74) is 2.18. The molecule has 2 aromatic rings. The first-order valence-corrected chi connectivity index (χ1v) is 8.51. The minimum absolute atomic E-state index is 0.113. The molecule has 1 aromatic heterocycles. The number of fused-ring (bicyclic) bond motifs is 1. The van der Waals surface area contributed by atoms with Gasteiger partial charge in [-0.15, -0.1) is 0 Å². The quantitative estimate of drug-likeness (QED) is 0.861. The van der Waals surface area contributed by atoms with Crippen LogP contribution in [0.4, 0.5) is 0 Å². The van der Waals surface area contributed by atoms with E-state index in [1.165, 1.54) is 5.56 Å². The van der Waals surface area contributed by atoms with Gasteiger partial charge in [0, 0.05) is 31.0 Å². The molecule has 5 heteroatoms. The molecule has 3 heterocycles. The standard InChI is InChI=1S/C19H21N3O2/c23-16-11-19(12-17(24)21-16)6-9-22(10-7-19)13-15-4-1-3-14-5-2-8-20-18(14)15/h1-5,8H,6-7,9-13H2,(H,21,23,24). The zero-order valence-corrected chi connectivity index (χ0v) is 13.6. The van der Waals surface area contributed by atoms with Crippen molar-refractivity contribution in [3.8, 4) is 0 Å². The van der Waals surface area contributed by atoms with Crippen LogP contribution in [0.5, 0.6) is 0 Å². The Labute approximate surface area is 141 Å². The van der Waals surface area contributed by atoms with E-state index in [1.807, 2.05) is 12.3 Å². The lowest BCUT2D eigenvalue weighted by Crippen LogP contribution is -2.49. The maximum absolute atomic E-state index is 11.7. The molecule has 1 aromatic carbocycles. The summed E-state index contributed by atoms with van der Waals surface area (Å²) in [7, 11) is 0. The van der Waals surface area contributed by atoms with Gasteiger partial charge in [0.1, 0.15) is 0 Å². The molecule has 2 fully saturated rings. The third-order valence-electron chi connectivity index (χ3n) is 5.38. The number of likely N-dealkylation sites (tertiary alicyclic amines) is 1. The van der Waals surface area contributed by atoms with Crippen LogP contribution >= 0.6 is 0 Å². The van der Waals surface area contributed by atoms with Gasteiger partial charge in [-0.25, -0.2) is 0 Å². The van der Waals surface area contributed by atoms with Crippen molar-refractivity contribution in [2.75, 3.05) is 13.1 Å². The molecule has 24 heavy (non-hydrogen) atoms. The second kappa shape index (κ2) is 5.98. The smallest absolute Gasteiger partial charge is 0.227 e. The summed E-state index contributed by atoms with van der Waals surface area (Å²) in [6.07, 6.45) is 4.63. The molecule has 5 nitrogen and oxygen atoms in total. The van der Waals surface area contributed by atoms with Gasteiger partial charge in [-0.2, -0.15) is 0 Å². The second-order valence-corrected chi connectivity index (χ2v) is 7.09. The fourth-order valence-corrected chi connectivity index (χ4v) is 4.06. The summed E-state index contributed by atoms with van der Waals surface area (Å²) in [6.45, 7) is 2.71. The molecule has 0 unspecified atom stereocenters. The summed E-state index contributed by atoms with van der Waals surface area (Å²) in [4.78, 5) is 30.4. The molecule has 0 atom stereocenters. The Kier molecular flexibility index (Phi) is 3.81. The number of hydrogen-bond donors (Lipinski definition) is 1. The average Bonchev–Trinajstić information content (AvgIpc) is 2.56. The van der Waals surface area contributed by atoms with E-state index in [1.54, 1.807) is 0 Å². The minimum atomic E-state index is -0.118. The number of rotatable bonds is 2. The largest absolute Gasteiger partial charge is 0.299 e. The Balaban J connectivity index is 1.46. The van der Waals surface area contributed by atoms with Crippen LogP contribution in [0.1, 0.15) is 31.2 Å². The molecule has 2 aliphatic rings. The molecule has 0 bridgehead atoms. The number of aromatic nitrogens is 1. The minimum Gasteiger partial charge on any atom is -0.299 e. The van der Waals surface area contributed by atoms with Crippen LogP contribution in [-0.4, -0.2) is 34.8 Å². The Morgan fingerprint density at radius 3 is 2.50 bits per heavy atom. The molecule has 2 amide bonds. The van der Waals surface area contributed by atoms with Gasteiger partial charge in [-0.05, 0) is 43.0 Å². The number of amides is 2. The number of benzene rings is 1. The van der Waals surface area contributed by atoms with Gasteiger partial charge in [0.05, 0.1) is 5.52 Å². The normalized spacial score (nSPS) is 21.2. The highest BCUT2D eigenvalue weighted by Gasteiger charge is 2.41. The van der Waals surface area contributed by atoms with E-state index in [0.29, 0.717) is 12.8 Å². The fraction of sp³-hybridized carbons (Fsp3) is 0.421. The number of nitrogens with zero attached hydrogens (tertiary/aromatic N) is 2. The number of carbonyl (C=O) groups excluding carboxylic acids is 2. The Bertz CT molecular complexity index is 771. The van der Waals surface area contributed by atoms with Crippen molar-refractivity contribution in [1.82, 2.24) is 15.2 Å². The first-order chi connectivity index (χ1) is 11.6. The summed E-state index contributed by atoms with van der Waals surface area (Å²) >= 11 is 0. The highest BCUT2D eigenvalue weighted by molar-refractivity contribution is 5.98. The van der Waals surface area contributed by atoms with E-state index in [2.05, 4.69) is 39.5 Å². The average molecular weight is 323 g/mol. The van der Waals surface area contributed by atoms with Gasteiger partial charge in [0.25, 0.3) is 0 Å². The fourth-order valence-electron chi connectivity index (χ4n) is 4.06. The van der Waals surface area contributed by atoms with E-state index in [-0.39, 0.29) is 17.2 Å². The van der Waals surface area contributed by atoms with Gasteiger partial charge in [-0.1, -0.05) is 24.3 Å². The summed E-state index contributed by atoms with van der Waals surface area (Å²) < 4.78 is 0. The molecule has 1 N–H and O–H groups in total. The van der Waals surface area contributed by atoms with E-state index >= 15 is 0 Å². The highest BCUT2D eigenvalue weighted by atomic mass is 16.2. The third kappa shape index (κ3) is 2.91. The molecule has 4 rings (SSSR count). The lowest BCUT2D eigenvalue weighted by molar-refractivity contribution is -0.139. The highest BCUT2D eigenvalue weighted by Crippen LogP contribution is 2.40. The number of pyridine rings is 1. The molecule has 0 radical (unpaired) electrons. The number of imide groups is 1. The number of nitrogens with one attached hydrogen (secondary N) is 1. The first-order valence-electron chi connectivity index (χ1n) is 8.51. The SMILES string of the molecule is O=C1CC2(CCN(Cc3cccc4cccnc34)CC2)CC(=O)N1. The van der Waals surface area contributed by atoms with Crippen LogP contribution in [0.15, 0.2) is 36.5 Å². The van der Waals surface area contributed by atoms with E-state index in [9.17, 15) is 9.59 Å². The molecular weight excluding hydrogens is 302 g/mol. The van der Waals surface area contributed by atoms with Crippen molar-refractivity contribution in [2.24, 2.45) is 5.41 Å². The summed E-state index contributed by atoms with van der Waals surface area (Å²) in [5, 5.41) is 3.59. The molecule has 2 saturated heterocycles. The van der Waals surface area contributed by atoms with Gasteiger partial charge < -0.3 is 0 Å². The van der Waals surface area contributed by atoms with Gasteiger partial charge in [0.15, 0.2) is 0 Å². The topological polar surface area (TPSA) is 62.3 Å². The van der Waals surface area contributed by atoms with E-state index in [4.69, 9.17) is 0 Å². The van der Waals surface area contributed by atoms with Crippen LogP contribution in [0.25, 0.3) is 10.9 Å². The van der Waals surface area contributed by atoms with Gasteiger partial charge in [0.2, 0.25) is 11.8 Å². The Morgan fingerprint density at radius 1 is 1.04 bits per heavy atom. The van der Waals surface area contributed by atoms with Crippen LogP contribution in [0, 0.1) is 5.41 Å². The third-order valence-corrected chi connectivity index (χ3v) is 5.38. The molecule has 1 spiro atoms. The van der Waals surface area contributed by atoms with Crippen LogP contribution < -0.4 is 5.32 Å². The van der Waals surface area contributed by atoms with Crippen LogP contribution in [0.2, 0.25) is 0 Å². The van der Waals surface area contributed by atoms with Gasteiger partial charge >= 0.3 is 0 Å². The molecule has 2 aliphatic heterocycles. The van der Waals surface area contributed by atoms with Gasteiger partial charge in [-0.3, -0.25) is 24.8 Å². The van der Waals surface area contributed by atoms with Crippen molar-refractivity contribution in [3.63, 3.8) is 0 Å². The maximum atomic E-state index is 11.7. The monoisotopic (exact) mass is 323 g/mol. The Hall–Kier alpha value is -2.27. The van der Waals surface area contributed by atoms with Crippen LogP contribution in [0.3, 0.4) is 0 Å². The molecule has 0 aliphatic carbocycles. The summed E-state index contributed by atoms with van der Waals surface area (Å²) in [6, 6.07) is 10.3. The van der Waals surface area contributed by atoms with E-state index in [0.717, 1.165) is 43.4 Å². The van der Waals surface area contributed by atoms with Crippen molar-refractivity contribution >= 4 is 22.7 Å². The predicted molar refractivity (Wildman–Crippen MR) is 91.1 cm³/mol. The number of para-hydroxylation sites is 1. The second-order valence-electron chi connectivity index (χ2n) is 7.09. The van der Waals surface area contributed by atoms with E-state index < -0.39 is 0 Å². The first kappa shape index (κ1) is 15.3. The zero-order valence-electron chi connectivity index (χ0n) is 13.6. The van der Waals surface area contributed by atoms with Crippen molar-refractivity contribution in [2.45, 2.75) is 32.2 Å². The number of carbonyl (C=O) groups is 2. The molecular formula is C19H21N3O2. The molecule has 124 valence electrons. The number of piperidine rings is 2. The van der Waals surface area contributed by atoms with Crippen molar-refractivity contribution in [3.05, 3.63) is 42.1 Å². The summed E-state index contributed by atoms with van der Waals surface area (Å²) in [5.74, 6) is -0.226. The lowest BCUT2D eigenvalue weighted by atomic mass is 9.71. The Morgan fingerprint density at radius 2 is 1.75 bits per heavy atom. The maximum Gasteiger partial charge on any atom is 0.227 e. The lowest BCUT2D eigenvalue weighted by Gasteiger charge is -2.43. The molecule has 0 saturated carbocycles. The predicted octanol–water partition coefficient (Wildman–Crippen LogP) is 2.25. The number of hydrogen-bond acceptors (Lipinski definition) is 4. The van der Waals surface area contributed by atoms with Crippen molar-refractivity contribution < 1.29 is 9.59 Å².